The normalized spacial score (nSPS) is 10.5. The van der Waals surface area contributed by atoms with Crippen molar-refractivity contribution >= 4 is 28.4 Å². The summed E-state index contributed by atoms with van der Waals surface area (Å²) in [4.78, 5) is 28.5. The van der Waals surface area contributed by atoms with Gasteiger partial charge in [0.15, 0.2) is 0 Å². The summed E-state index contributed by atoms with van der Waals surface area (Å²) in [5.41, 5.74) is 8.07. The number of anilines is 1. The SMILES string of the molecule is Cc1ccccc1C(=O)Nc1c(C(N)=O)cnc2ccccc12. The summed E-state index contributed by atoms with van der Waals surface area (Å²) in [6.45, 7) is 1.86. The molecule has 23 heavy (non-hydrogen) atoms. The van der Waals surface area contributed by atoms with Crippen molar-refractivity contribution in [2.45, 2.75) is 6.92 Å². The Morgan fingerprint density at radius 3 is 2.43 bits per heavy atom. The molecule has 0 spiro atoms. The van der Waals surface area contributed by atoms with Gasteiger partial charge in [0.2, 0.25) is 0 Å². The summed E-state index contributed by atoms with van der Waals surface area (Å²) in [5, 5.41) is 3.48. The van der Waals surface area contributed by atoms with Crippen molar-refractivity contribution in [2.24, 2.45) is 5.73 Å². The number of hydrogen-bond donors (Lipinski definition) is 2. The Labute approximate surface area is 133 Å². The number of primary amides is 1. The van der Waals surface area contributed by atoms with Crippen molar-refractivity contribution in [3.8, 4) is 0 Å². The van der Waals surface area contributed by atoms with E-state index in [0.29, 0.717) is 22.2 Å². The Morgan fingerprint density at radius 1 is 1.00 bits per heavy atom. The van der Waals surface area contributed by atoms with Gasteiger partial charge < -0.3 is 11.1 Å². The first kappa shape index (κ1) is 14.7. The highest BCUT2D eigenvalue weighted by molar-refractivity contribution is 6.14. The summed E-state index contributed by atoms with van der Waals surface area (Å²) >= 11 is 0. The summed E-state index contributed by atoms with van der Waals surface area (Å²) in [6.07, 6.45) is 1.39. The molecule has 3 aromatic rings. The first-order chi connectivity index (χ1) is 11.1. The van der Waals surface area contributed by atoms with Crippen LogP contribution in [-0.4, -0.2) is 16.8 Å². The van der Waals surface area contributed by atoms with Gasteiger partial charge >= 0.3 is 0 Å². The third-order valence-electron chi connectivity index (χ3n) is 3.67. The molecule has 0 radical (unpaired) electrons. The van der Waals surface area contributed by atoms with Crippen molar-refractivity contribution in [1.82, 2.24) is 4.98 Å². The van der Waals surface area contributed by atoms with Crippen LogP contribution in [0.2, 0.25) is 0 Å². The maximum absolute atomic E-state index is 12.6. The largest absolute Gasteiger partial charge is 0.365 e. The molecule has 0 unspecified atom stereocenters. The maximum atomic E-state index is 12.6. The molecule has 3 rings (SSSR count). The van der Waals surface area contributed by atoms with E-state index in [1.54, 1.807) is 18.2 Å². The van der Waals surface area contributed by atoms with Crippen molar-refractivity contribution in [3.63, 3.8) is 0 Å². The van der Waals surface area contributed by atoms with Gasteiger partial charge in [0.1, 0.15) is 0 Å². The van der Waals surface area contributed by atoms with Gasteiger partial charge in [0.25, 0.3) is 11.8 Å². The number of carbonyl (C=O) groups excluding carboxylic acids is 2. The molecule has 2 aromatic carbocycles. The van der Waals surface area contributed by atoms with Crippen molar-refractivity contribution < 1.29 is 9.59 Å². The van der Waals surface area contributed by atoms with Gasteiger partial charge in [-0.2, -0.15) is 0 Å². The molecular weight excluding hydrogens is 290 g/mol. The average Bonchev–Trinajstić information content (AvgIpc) is 2.55. The van der Waals surface area contributed by atoms with Crippen molar-refractivity contribution in [2.75, 3.05) is 5.32 Å². The number of carbonyl (C=O) groups is 2. The predicted molar refractivity (Wildman–Crippen MR) is 89.4 cm³/mol. The zero-order valence-corrected chi connectivity index (χ0v) is 12.5. The Balaban J connectivity index is 2.11. The number of para-hydroxylation sites is 1. The third-order valence-corrected chi connectivity index (χ3v) is 3.67. The molecule has 5 heteroatoms. The molecule has 0 bridgehead atoms. The van der Waals surface area contributed by atoms with E-state index in [0.717, 1.165) is 5.56 Å². The van der Waals surface area contributed by atoms with Crippen LogP contribution >= 0.6 is 0 Å². The third kappa shape index (κ3) is 2.76. The van der Waals surface area contributed by atoms with Crippen LogP contribution in [0.15, 0.2) is 54.7 Å². The quantitative estimate of drug-likeness (QED) is 0.780. The number of nitrogens with zero attached hydrogens (tertiary/aromatic N) is 1. The molecule has 114 valence electrons. The van der Waals surface area contributed by atoms with Crippen LogP contribution in [-0.2, 0) is 0 Å². The number of rotatable bonds is 3. The highest BCUT2D eigenvalue weighted by Gasteiger charge is 2.17. The number of hydrogen-bond acceptors (Lipinski definition) is 3. The molecule has 0 aliphatic heterocycles. The summed E-state index contributed by atoms with van der Waals surface area (Å²) < 4.78 is 0. The van der Waals surface area contributed by atoms with Gasteiger partial charge in [-0.05, 0) is 24.6 Å². The van der Waals surface area contributed by atoms with Crippen LogP contribution in [0.4, 0.5) is 5.69 Å². The lowest BCUT2D eigenvalue weighted by Crippen LogP contribution is -2.19. The van der Waals surface area contributed by atoms with E-state index >= 15 is 0 Å². The van der Waals surface area contributed by atoms with E-state index in [1.807, 2.05) is 37.3 Å². The van der Waals surface area contributed by atoms with Gasteiger partial charge in [0, 0.05) is 17.1 Å². The monoisotopic (exact) mass is 305 g/mol. The summed E-state index contributed by atoms with van der Waals surface area (Å²) in [7, 11) is 0. The first-order valence-corrected chi connectivity index (χ1v) is 7.12. The molecule has 3 N–H and O–H groups in total. The molecule has 5 nitrogen and oxygen atoms in total. The topological polar surface area (TPSA) is 85.1 Å². The number of nitrogens with one attached hydrogen (secondary N) is 1. The fourth-order valence-corrected chi connectivity index (χ4v) is 2.47. The number of aromatic nitrogens is 1. The minimum Gasteiger partial charge on any atom is -0.365 e. The smallest absolute Gasteiger partial charge is 0.255 e. The number of nitrogens with two attached hydrogens (primary N) is 1. The molecule has 0 fully saturated rings. The van der Waals surface area contributed by atoms with Gasteiger partial charge in [-0.3, -0.25) is 14.6 Å². The molecule has 1 aromatic heterocycles. The second-order valence-corrected chi connectivity index (χ2v) is 5.20. The fraction of sp³-hybridized carbons (Fsp3) is 0.0556. The standard InChI is InChI=1S/C18H15N3O2/c1-11-6-2-3-7-12(11)18(23)21-16-13-8-4-5-9-15(13)20-10-14(16)17(19)22/h2-10H,1H3,(H2,19,22)(H,20,21,23). The Hall–Kier alpha value is -3.21. The maximum Gasteiger partial charge on any atom is 0.255 e. The average molecular weight is 305 g/mol. The lowest BCUT2D eigenvalue weighted by atomic mass is 10.1. The molecule has 2 amide bonds. The summed E-state index contributed by atoms with van der Waals surface area (Å²) in [5.74, 6) is -0.926. The van der Waals surface area contributed by atoms with Gasteiger partial charge in [-0.15, -0.1) is 0 Å². The molecule has 0 saturated carbocycles. The van der Waals surface area contributed by atoms with Gasteiger partial charge in [-0.25, -0.2) is 0 Å². The molecule has 0 aliphatic carbocycles. The number of benzene rings is 2. The second kappa shape index (κ2) is 5.88. The Morgan fingerprint density at radius 2 is 1.70 bits per heavy atom. The van der Waals surface area contributed by atoms with Gasteiger partial charge in [0.05, 0.1) is 16.8 Å². The van der Waals surface area contributed by atoms with Crippen LogP contribution in [0.1, 0.15) is 26.3 Å². The number of aryl methyl sites for hydroxylation is 1. The lowest BCUT2D eigenvalue weighted by Gasteiger charge is -2.13. The van der Waals surface area contributed by atoms with E-state index in [1.165, 1.54) is 6.20 Å². The Bertz CT molecular complexity index is 919. The highest BCUT2D eigenvalue weighted by Crippen LogP contribution is 2.26. The minimum atomic E-state index is -0.636. The fourth-order valence-electron chi connectivity index (χ4n) is 2.47. The van der Waals surface area contributed by atoms with E-state index in [2.05, 4.69) is 10.3 Å². The van der Waals surface area contributed by atoms with Gasteiger partial charge in [-0.1, -0.05) is 36.4 Å². The Kier molecular flexibility index (Phi) is 3.76. The number of amides is 2. The number of pyridine rings is 1. The van der Waals surface area contributed by atoms with E-state index in [-0.39, 0.29) is 11.5 Å². The lowest BCUT2D eigenvalue weighted by molar-refractivity contribution is 0.100. The molecule has 0 aliphatic rings. The van der Waals surface area contributed by atoms with E-state index in [9.17, 15) is 9.59 Å². The van der Waals surface area contributed by atoms with E-state index in [4.69, 9.17) is 5.73 Å². The predicted octanol–water partition coefficient (Wildman–Crippen LogP) is 2.89. The van der Waals surface area contributed by atoms with Crippen LogP contribution in [0.5, 0.6) is 0 Å². The molecule has 0 atom stereocenters. The van der Waals surface area contributed by atoms with Crippen LogP contribution in [0.3, 0.4) is 0 Å². The van der Waals surface area contributed by atoms with Crippen LogP contribution < -0.4 is 11.1 Å². The number of fused-ring (bicyclic) bond motifs is 1. The highest BCUT2D eigenvalue weighted by atomic mass is 16.2. The minimum absolute atomic E-state index is 0.186. The van der Waals surface area contributed by atoms with E-state index < -0.39 is 5.91 Å². The zero-order valence-electron chi connectivity index (χ0n) is 12.5. The van der Waals surface area contributed by atoms with Crippen LogP contribution in [0, 0.1) is 6.92 Å². The zero-order chi connectivity index (χ0) is 16.4. The second-order valence-electron chi connectivity index (χ2n) is 5.20. The van der Waals surface area contributed by atoms with Crippen molar-refractivity contribution in [3.05, 3.63) is 71.4 Å². The van der Waals surface area contributed by atoms with Crippen LogP contribution in [0.25, 0.3) is 10.9 Å². The molecule has 1 heterocycles. The van der Waals surface area contributed by atoms with Crippen molar-refractivity contribution in [1.29, 1.82) is 0 Å². The molecule has 0 saturated heterocycles. The molecular formula is C18H15N3O2. The summed E-state index contributed by atoms with van der Waals surface area (Å²) in [6, 6.07) is 14.5. The first-order valence-electron chi connectivity index (χ1n) is 7.12.